The maximum atomic E-state index is 6.14. The van der Waals surface area contributed by atoms with Crippen LogP contribution in [0.3, 0.4) is 0 Å². The fourth-order valence-electron chi connectivity index (χ4n) is 2.15. The lowest BCUT2D eigenvalue weighted by Gasteiger charge is -2.12. The lowest BCUT2D eigenvalue weighted by Crippen LogP contribution is -2.08. The van der Waals surface area contributed by atoms with E-state index < -0.39 is 0 Å². The molecule has 1 atom stereocenters. The van der Waals surface area contributed by atoms with Crippen molar-refractivity contribution in [3.05, 3.63) is 33.8 Å². The van der Waals surface area contributed by atoms with Gasteiger partial charge in [-0.2, -0.15) is 0 Å². The number of halogens is 1. The Kier molecular flexibility index (Phi) is 2.80. The van der Waals surface area contributed by atoms with Crippen molar-refractivity contribution < 1.29 is 0 Å². The van der Waals surface area contributed by atoms with Crippen LogP contribution in [-0.2, 0) is 0 Å². The predicted molar refractivity (Wildman–Crippen MR) is 61.2 cm³/mol. The Morgan fingerprint density at radius 1 is 1.29 bits per heavy atom. The van der Waals surface area contributed by atoms with Crippen LogP contribution in [0.4, 0.5) is 0 Å². The van der Waals surface area contributed by atoms with E-state index in [0.29, 0.717) is 5.92 Å². The van der Waals surface area contributed by atoms with Crippen molar-refractivity contribution in [2.75, 3.05) is 13.1 Å². The Hall–Kier alpha value is -0.530. The molecule has 1 unspecified atom stereocenters. The molecule has 2 rings (SSSR count). The van der Waals surface area contributed by atoms with Crippen molar-refractivity contribution in [2.24, 2.45) is 0 Å². The van der Waals surface area contributed by atoms with Crippen LogP contribution in [0.25, 0.3) is 0 Å². The van der Waals surface area contributed by atoms with Gasteiger partial charge in [-0.3, -0.25) is 0 Å². The molecule has 2 heteroatoms. The maximum Gasteiger partial charge on any atom is 0.0464 e. The third-order valence-corrected chi connectivity index (χ3v) is 3.59. The third kappa shape index (κ3) is 1.79. The largest absolute Gasteiger partial charge is 0.316 e. The molecule has 1 nitrogen and oxygen atoms in total. The minimum absolute atomic E-state index is 0.685. The molecule has 14 heavy (non-hydrogen) atoms. The van der Waals surface area contributed by atoms with E-state index in [1.165, 1.54) is 23.1 Å². The van der Waals surface area contributed by atoms with Crippen LogP contribution in [0.1, 0.15) is 29.0 Å². The van der Waals surface area contributed by atoms with Crippen LogP contribution in [0.5, 0.6) is 0 Å². The Morgan fingerprint density at radius 2 is 1.93 bits per heavy atom. The quantitative estimate of drug-likeness (QED) is 0.750. The molecule has 0 radical (unpaired) electrons. The van der Waals surface area contributed by atoms with E-state index in [4.69, 9.17) is 11.6 Å². The van der Waals surface area contributed by atoms with Gasteiger partial charge in [0, 0.05) is 11.6 Å². The van der Waals surface area contributed by atoms with Gasteiger partial charge in [-0.15, -0.1) is 0 Å². The zero-order chi connectivity index (χ0) is 10.1. The van der Waals surface area contributed by atoms with Gasteiger partial charge in [0.05, 0.1) is 0 Å². The van der Waals surface area contributed by atoms with Gasteiger partial charge in [0.1, 0.15) is 0 Å². The molecule has 0 aromatic heterocycles. The zero-order valence-electron chi connectivity index (χ0n) is 8.73. The highest BCUT2D eigenvalue weighted by Crippen LogP contribution is 2.28. The average molecular weight is 210 g/mol. The van der Waals surface area contributed by atoms with E-state index >= 15 is 0 Å². The lowest BCUT2D eigenvalue weighted by molar-refractivity contribution is 0.761. The first-order valence-electron chi connectivity index (χ1n) is 5.16. The summed E-state index contributed by atoms with van der Waals surface area (Å²) in [7, 11) is 0. The summed E-state index contributed by atoms with van der Waals surface area (Å²) in [6.07, 6.45) is 1.25. The smallest absolute Gasteiger partial charge is 0.0464 e. The molecule has 1 aromatic carbocycles. The van der Waals surface area contributed by atoms with Crippen molar-refractivity contribution in [2.45, 2.75) is 26.2 Å². The number of benzene rings is 1. The summed E-state index contributed by atoms with van der Waals surface area (Å²) in [6.45, 7) is 6.42. The van der Waals surface area contributed by atoms with Gasteiger partial charge in [-0.05, 0) is 49.4 Å². The molecule has 0 spiro atoms. The van der Waals surface area contributed by atoms with Gasteiger partial charge in [-0.1, -0.05) is 23.7 Å². The van der Waals surface area contributed by atoms with Gasteiger partial charge in [0.15, 0.2) is 0 Å². The fourth-order valence-corrected chi connectivity index (χ4v) is 2.26. The number of hydrogen-bond acceptors (Lipinski definition) is 1. The fraction of sp³-hybridized carbons (Fsp3) is 0.500. The standard InChI is InChI=1S/C12H16ClN/c1-8-5-11(6-9(2)12(8)13)10-3-4-14-7-10/h5-6,10,14H,3-4,7H2,1-2H3. The molecule has 1 saturated heterocycles. The molecule has 0 bridgehead atoms. The molecule has 1 N–H and O–H groups in total. The van der Waals surface area contributed by atoms with Crippen molar-refractivity contribution in [1.29, 1.82) is 0 Å². The normalized spacial score (nSPS) is 21.5. The summed E-state index contributed by atoms with van der Waals surface area (Å²) in [5.41, 5.74) is 3.84. The SMILES string of the molecule is Cc1cc(C2CCNC2)cc(C)c1Cl. The molecular weight excluding hydrogens is 194 g/mol. The Bertz CT molecular complexity index is 317. The molecular formula is C12H16ClN. The first-order chi connectivity index (χ1) is 6.68. The Labute approximate surface area is 90.5 Å². The summed E-state index contributed by atoms with van der Waals surface area (Å²) in [5.74, 6) is 0.685. The molecule has 1 aliphatic rings. The Balaban J connectivity index is 2.34. The highest BCUT2D eigenvalue weighted by atomic mass is 35.5. The van der Waals surface area contributed by atoms with Gasteiger partial charge < -0.3 is 5.32 Å². The Morgan fingerprint density at radius 3 is 2.43 bits per heavy atom. The van der Waals surface area contributed by atoms with Crippen molar-refractivity contribution in [1.82, 2.24) is 5.32 Å². The molecule has 1 fully saturated rings. The van der Waals surface area contributed by atoms with Crippen molar-refractivity contribution >= 4 is 11.6 Å². The second kappa shape index (κ2) is 3.92. The van der Waals surface area contributed by atoms with Gasteiger partial charge in [0.2, 0.25) is 0 Å². The number of hydrogen-bond donors (Lipinski definition) is 1. The molecule has 1 heterocycles. The number of aryl methyl sites for hydroxylation is 2. The average Bonchev–Trinajstić information content (AvgIpc) is 2.66. The monoisotopic (exact) mass is 209 g/mol. The summed E-state index contributed by atoms with van der Waals surface area (Å²) in [5, 5.41) is 4.31. The van der Waals surface area contributed by atoms with E-state index in [0.717, 1.165) is 18.1 Å². The van der Waals surface area contributed by atoms with E-state index in [9.17, 15) is 0 Å². The summed E-state index contributed by atoms with van der Waals surface area (Å²) in [4.78, 5) is 0. The highest BCUT2D eigenvalue weighted by Gasteiger charge is 2.17. The lowest BCUT2D eigenvalue weighted by atomic mass is 9.95. The van der Waals surface area contributed by atoms with Crippen LogP contribution < -0.4 is 5.32 Å². The topological polar surface area (TPSA) is 12.0 Å². The van der Waals surface area contributed by atoms with Crippen molar-refractivity contribution in [3.8, 4) is 0 Å². The van der Waals surface area contributed by atoms with Crippen LogP contribution in [0.2, 0.25) is 5.02 Å². The summed E-state index contributed by atoms with van der Waals surface area (Å²) >= 11 is 6.14. The molecule has 1 aromatic rings. The highest BCUT2D eigenvalue weighted by molar-refractivity contribution is 6.32. The predicted octanol–water partition coefficient (Wildman–Crippen LogP) is 3.03. The van der Waals surface area contributed by atoms with E-state index in [-0.39, 0.29) is 0 Å². The maximum absolute atomic E-state index is 6.14. The van der Waals surface area contributed by atoms with Gasteiger partial charge in [0.25, 0.3) is 0 Å². The zero-order valence-corrected chi connectivity index (χ0v) is 9.49. The van der Waals surface area contributed by atoms with Gasteiger partial charge >= 0.3 is 0 Å². The molecule has 76 valence electrons. The number of rotatable bonds is 1. The van der Waals surface area contributed by atoms with Gasteiger partial charge in [-0.25, -0.2) is 0 Å². The van der Waals surface area contributed by atoms with Crippen molar-refractivity contribution in [3.63, 3.8) is 0 Å². The van der Waals surface area contributed by atoms with Crippen LogP contribution in [-0.4, -0.2) is 13.1 Å². The second-order valence-electron chi connectivity index (χ2n) is 4.16. The molecule has 0 saturated carbocycles. The van der Waals surface area contributed by atoms with Crippen LogP contribution in [0.15, 0.2) is 12.1 Å². The molecule has 0 amide bonds. The first kappa shape index (κ1) is 10.0. The van der Waals surface area contributed by atoms with Crippen LogP contribution >= 0.6 is 11.6 Å². The minimum Gasteiger partial charge on any atom is -0.316 e. The number of nitrogens with one attached hydrogen (secondary N) is 1. The van der Waals surface area contributed by atoms with Crippen LogP contribution in [0, 0.1) is 13.8 Å². The van der Waals surface area contributed by atoms with E-state index in [1.807, 2.05) is 0 Å². The first-order valence-corrected chi connectivity index (χ1v) is 5.53. The van der Waals surface area contributed by atoms with E-state index in [2.05, 4.69) is 31.3 Å². The van der Waals surface area contributed by atoms with E-state index in [1.54, 1.807) is 0 Å². The summed E-state index contributed by atoms with van der Waals surface area (Å²) < 4.78 is 0. The molecule has 0 aliphatic carbocycles. The second-order valence-corrected chi connectivity index (χ2v) is 4.54. The molecule has 1 aliphatic heterocycles. The minimum atomic E-state index is 0.685. The third-order valence-electron chi connectivity index (χ3n) is 2.99. The summed E-state index contributed by atoms with van der Waals surface area (Å²) in [6, 6.07) is 4.46.